The summed E-state index contributed by atoms with van der Waals surface area (Å²) in [5, 5.41) is 2.28. The van der Waals surface area contributed by atoms with E-state index in [9.17, 15) is 18.4 Å². The minimum absolute atomic E-state index is 0.123. The molecule has 0 spiro atoms. The zero-order chi connectivity index (χ0) is 17.6. The van der Waals surface area contributed by atoms with Gasteiger partial charge >= 0.3 is 12.1 Å². The highest BCUT2D eigenvalue weighted by atomic mass is 19.1. The van der Waals surface area contributed by atoms with E-state index in [0.29, 0.717) is 6.07 Å². The van der Waals surface area contributed by atoms with Crippen molar-refractivity contribution < 1.29 is 32.6 Å². The molecule has 0 radical (unpaired) electrons. The van der Waals surface area contributed by atoms with Crippen LogP contribution in [0.5, 0.6) is 5.75 Å². The molecule has 23 heavy (non-hydrogen) atoms. The van der Waals surface area contributed by atoms with Crippen LogP contribution in [0, 0.1) is 11.6 Å². The predicted octanol–water partition coefficient (Wildman–Crippen LogP) is 2.41. The molecule has 1 aromatic carbocycles. The van der Waals surface area contributed by atoms with Gasteiger partial charge in [-0.05, 0) is 20.8 Å². The molecule has 1 rings (SSSR count). The zero-order valence-electron chi connectivity index (χ0n) is 13.3. The van der Waals surface area contributed by atoms with Crippen molar-refractivity contribution in [3.8, 4) is 5.75 Å². The summed E-state index contributed by atoms with van der Waals surface area (Å²) in [6, 6.07) is 1.39. The van der Waals surface area contributed by atoms with Gasteiger partial charge in [-0.15, -0.1) is 0 Å². The number of amides is 1. The Morgan fingerprint density at radius 3 is 2.22 bits per heavy atom. The molecule has 0 aliphatic carbocycles. The Morgan fingerprint density at radius 2 is 1.74 bits per heavy atom. The zero-order valence-corrected chi connectivity index (χ0v) is 13.3. The molecule has 1 N–H and O–H groups in total. The highest BCUT2D eigenvalue weighted by Crippen LogP contribution is 2.15. The van der Waals surface area contributed by atoms with Gasteiger partial charge in [0, 0.05) is 18.2 Å². The fourth-order valence-electron chi connectivity index (χ4n) is 1.55. The summed E-state index contributed by atoms with van der Waals surface area (Å²) in [6.45, 7) is 4.60. The second-order valence-electron chi connectivity index (χ2n) is 5.64. The molecule has 8 heteroatoms. The molecule has 1 atom stereocenters. The Hall–Kier alpha value is -2.38. The second kappa shape index (κ2) is 7.75. The van der Waals surface area contributed by atoms with Crippen LogP contribution in [0.15, 0.2) is 18.2 Å². The third-order valence-corrected chi connectivity index (χ3v) is 2.43. The topological polar surface area (TPSA) is 73.9 Å². The SMILES string of the molecule is COC(=O)C(COc1cc(F)cc(F)c1)NC(=O)OC(C)(C)C. The molecule has 0 saturated heterocycles. The van der Waals surface area contributed by atoms with Gasteiger partial charge in [-0.1, -0.05) is 0 Å². The van der Waals surface area contributed by atoms with Gasteiger partial charge in [0.25, 0.3) is 0 Å². The maximum absolute atomic E-state index is 13.1. The average molecular weight is 331 g/mol. The van der Waals surface area contributed by atoms with Crippen molar-refractivity contribution in [2.24, 2.45) is 0 Å². The van der Waals surface area contributed by atoms with Crippen LogP contribution in [0.3, 0.4) is 0 Å². The minimum Gasteiger partial charge on any atom is -0.491 e. The molecule has 6 nitrogen and oxygen atoms in total. The second-order valence-corrected chi connectivity index (χ2v) is 5.64. The van der Waals surface area contributed by atoms with Crippen molar-refractivity contribution in [2.45, 2.75) is 32.4 Å². The summed E-state index contributed by atoms with van der Waals surface area (Å²) in [4.78, 5) is 23.3. The first-order valence-corrected chi connectivity index (χ1v) is 6.77. The molecular weight excluding hydrogens is 312 g/mol. The van der Waals surface area contributed by atoms with E-state index in [4.69, 9.17) is 9.47 Å². The number of hydrogen-bond acceptors (Lipinski definition) is 5. The molecule has 0 heterocycles. The highest BCUT2D eigenvalue weighted by molar-refractivity contribution is 5.81. The molecule has 0 aromatic heterocycles. The van der Waals surface area contributed by atoms with E-state index in [1.807, 2.05) is 0 Å². The van der Waals surface area contributed by atoms with Gasteiger partial charge in [-0.25, -0.2) is 18.4 Å². The van der Waals surface area contributed by atoms with E-state index in [1.165, 1.54) is 0 Å². The molecule has 0 saturated carbocycles. The van der Waals surface area contributed by atoms with Gasteiger partial charge in [0.1, 0.15) is 29.6 Å². The van der Waals surface area contributed by atoms with Crippen LogP contribution in [0.1, 0.15) is 20.8 Å². The first-order chi connectivity index (χ1) is 10.6. The smallest absolute Gasteiger partial charge is 0.408 e. The number of carbonyl (C=O) groups is 2. The summed E-state index contributed by atoms with van der Waals surface area (Å²) in [5.74, 6) is -2.56. The lowest BCUT2D eigenvalue weighted by Gasteiger charge is -2.22. The van der Waals surface area contributed by atoms with Gasteiger partial charge in [-0.2, -0.15) is 0 Å². The molecule has 0 aliphatic heterocycles. The fourth-order valence-corrected chi connectivity index (χ4v) is 1.55. The summed E-state index contributed by atoms with van der Waals surface area (Å²) < 4.78 is 40.8. The van der Waals surface area contributed by atoms with Gasteiger partial charge in [-0.3, -0.25) is 0 Å². The molecule has 0 aliphatic rings. The molecular formula is C15H19F2NO5. The van der Waals surface area contributed by atoms with E-state index in [2.05, 4.69) is 10.1 Å². The molecule has 128 valence electrons. The number of alkyl carbamates (subject to hydrolysis) is 1. The van der Waals surface area contributed by atoms with Crippen LogP contribution in [-0.4, -0.2) is 37.4 Å². The van der Waals surface area contributed by atoms with Crippen molar-refractivity contribution in [1.29, 1.82) is 0 Å². The standard InChI is InChI=1S/C15H19F2NO5/c1-15(2,3)23-14(20)18-12(13(19)21-4)8-22-11-6-9(16)5-10(17)7-11/h5-7,12H,8H2,1-4H3,(H,18,20). The first-order valence-electron chi connectivity index (χ1n) is 6.77. The summed E-state index contributed by atoms with van der Waals surface area (Å²) in [7, 11) is 1.13. The van der Waals surface area contributed by atoms with Crippen molar-refractivity contribution in [1.82, 2.24) is 5.32 Å². The lowest BCUT2D eigenvalue weighted by atomic mass is 10.2. The lowest BCUT2D eigenvalue weighted by molar-refractivity contribution is -0.143. The molecule has 1 unspecified atom stereocenters. The monoisotopic (exact) mass is 331 g/mol. The summed E-state index contributed by atoms with van der Waals surface area (Å²) in [5.41, 5.74) is -0.753. The van der Waals surface area contributed by atoms with E-state index < -0.39 is 35.3 Å². The molecule has 1 amide bonds. The largest absolute Gasteiger partial charge is 0.491 e. The van der Waals surface area contributed by atoms with Crippen LogP contribution in [-0.2, 0) is 14.3 Å². The fraction of sp³-hybridized carbons (Fsp3) is 0.467. The van der Waals surface area contributed by atoms with Gasteiger partial charge in [0.15, 0.2) is 6.04 Å². The average Bonchev–Trinajstić information content (AvgIpc) is 2.39. The predicted molar refractivity (Wildman–Crippen MR) is 77.0 cm³/mol. The maximum Gasteiger partial charge on any atom is 0.408 e. The number of rotatable bonds is 5. The van der Waals surface area contributed by atoms with Crippen LogP contribution >= 0.6 is 0 Å². The Bertz CT molecular complexity index is 551. The highest BCUT2D eigenvalue weighted by Gasteiger charge is 2.25. The van der Waals surface area contributed by atoms with E-state index in [1.54, 1.807) is 20.8 Å². The number of carbonyl (C=O) groups excluding carboxylic acids is 2. The number of hydrogen-bond donors (Lipinski definition) is 1. The van der Waals surface area contributed by atoms with Crippen molar-refractivity contribution in [2.75, 3.05) is 13.7 Å². The number of nitrogens with one attached hydrogen (secondary N) is 1. The number of ether oxygens (including phenoxy) is 3. The molecule has 0 fully saturated rings. The Labute approximate surface area is 132 Å². The quantitative estimate of drug-likeness (QED) is 0.839. The third-order valence-electron chi connectivity index (χ3n) is 2.43. The van der Waals surface area contributed by atoms with Gasteiger partial charge in [0.05, 0.1) is 7.11 Å². The van der Waals surface area contributed by atoms with Crippen molar-refractivity contribution in [3.05, 3.63) is 29.8 Å². The Morgan fingerprint density at radius 1 is 1.17 bits per heavy atom. The molecule has 1 aromatic rings. The maximum atomic E-state index is 13.1. The Balaban J connectivity index is 2.71. The number of methoxy groups -OCH3 is 1. The molecule has 0 bridgehead atoms. The van der Waals surface area contributed by atoms with Crippen LogP contribution in [0.25, 0.3) is 0 Å². The normalized spacial score (nSPS) is 12.3. The minimum atomic E-state index is -1.19. The van der Waals surface area contributed by atoms with E-state index in [-0.39, 0.29) is 12.4 Å². The first kappa shape index (κ1) is 18.7. The van der Waals surface area contributed by atoms with Crippen LogP contribution in [0.4, 0.5) is 13.6 Å². The number of halogens is 2. The van der Waals surface area contributed by atoms with E-state index >= 15 is 0 Å². The summed E-state index contributed by atoms with van der Waals surface area (Å²) >= 11 is 0. The van der Waals surface area contributed by atoms with Crippen LogP contribution in [0.2, 0.25) is 0 Å². The Kier molecular flexibility index (Phi) is 6.29. The lowest BCUT2D eigenvalue weighted by Crippen LogP contribution is -2.47. The number of esters is 1. The number of benzene rings is 1. The van der Waals surface area contributed by atoms with Crippen LogP contribution < -0.4 is 10.1 Å². The third kappa shape index (κ3) is 6.94. The van der Waals surface area contributed by atoms with Gasteiger partial charge < -0.3 is 19.5 Å². The van der Waals surface area contributed by atoms with Crippen molar-refractivity contribution in [3.63, 3.8) is 0 Å². The van der Waals surface area contributed by atoms with Gasteiger partial charge in [0.2, 0.25) is 0 Å². The van der Waals surface area contributed by atoms with Crippen molar-refractivity contribution >= 4 is 12.1 Å². The van der Waals surface area contributed by atoms with E-state index in [0.717, 1.165) is 19.2 Å². The summed E-state index contributed by atoms with van der Waals surface area (Å²) in [6.07, 6.45) is -0.845.